The molecule has 1 heterocycles. The summed E-state index contributed by atoms with van der Waals surface area (Å²) in [5, 5.41) is 21.8. The third kappa shape index (κ3) is 3.66. The number of hydrogen-bond donors (Lipinski definition) is 2. The molecular weight excluding hydrogens is 332 g/mol. The van der Waals surface area contributed by atoms with Gasteiger partial charge in [-0.05, 0) is 35.5 Å². The van der Waals surface area contributed by atoms with E-state index in [0.717, 1.165) is 23.0 Å². The summed E-state index contributed by atoms with van der Waals surface area (Å²) in [5.41, 5.74) is 5.90. The van der Waals surface area contributed by atoms with Gasteiger partial charge in [-0.3, -0.25) is 4.79 Å². The second-order valence-electron chi connectivity index (χ2n) is 5.29. The molecule has 0 radical (unpaired) electrons. The van der Waals surface area contributed by atoms with Crippen molar-refractivity contribution in [3.8, 4) is 11.4 Å². The van der Waals surface area contributed by atoms with Crippen molar-refractivity contribution in [3.05, 3.63) is 65.2 Å². The smallest absolute Gasteiger partial charge is 0.248 e. The standard InChI is InChI=1S/C16H13F2N5O2/c17-11-5-6-13(18)12(7-11)14(24)8-23-21-16(20-22-23)10-3-1-9(2-4-10)15(19)25/h1-7,14,24H,8H2,(H2,19,25). The number of aliphatic hydroxyl groups excluding tert-OH is 1. The number of nitrogens with zero attached hydrogens (tertiary/aromatic N) is 4. The number of carbonyl (C=O) groups excluding carboxylic acids is 1. The number of hydrogen-bond acceptors (Lipinski definition) is 5. The summed E-state index contributed by atoms with van der Waals surface area (Å²) in [6.07, 6.45) is -1.34. The second kappa shape index (κ2) is 6.73. The second-order valence-corrected chi connectivity index (χ2v) is 5.29. The van der Waals surface area contributed by atoms with Crippen LogP contribution in [-0.4, -0.2) is 31.2 Å². The van der Waals surface area contributed by atoms with Gasteiger partial charge in [-0.15, -0.1) is 10.2 Å². The first-order valence-electron chi connectivity index (χ1n) is 7.25. The van der Waals surface area contributed by atoms with Gasteiger partial charge in [0.15, 0.2) is 0 Å². The molecule has 0 aliphatic heterocycles. The molecule has 128 valence electrons. The SMILES string of the molecule is NC(=O)c1ccc(-c2nnn(CC(O)c3cc(F)ccc3F)n2)cc1. The summed E-state index contributed by atoms with van der Waals surface area (Å²) < 4.78 is 26.9. The zero-order valence-electron chi connectivity index (χ0n) is 12.8. The molecule has 3 N–H and O–H groups in total. The number of aromatic nitrogens is 4. The number of amides is 1. The lowest BCUT2D eigenvalue weighted by molar-refractivity contribution is 0.1000. The minimum Gasteiger partial charge on any atom is -0.386 e. The highest BCUT2D eigenvalue weighted by Crippen LogP contribution is 2.20. The van der Waals surface area contributed by atoms with Crippen LogP contribution in [0, 0.1) is 11.6 Å². The molecule has 2 aromatic carbocycles. The molecule has 1 amide bonds. The molecule has 25 heavy (non-hydrogen) atoms. The third-order valence-corrected chi connectivity index (χ3v) is 3.53. The Morgan fingerprint density at radius 3 is 2.60 bits per heavy atom. The molecule has 9 heteroatoms. The number of benzene rings is 2. The highest BCUT2D eigenvalue weighted by atomic mass is 19.1. The zero-order valence-corrected chi connectivity index (χ0v) is 12.8. The fourth-order valence-electron chi connectivity index (χ4n) is 2.24. The van der Waals surface area contributed by atoms with Gasteiger partial charge in [0.1, 0.15) is 17.7 Å². The Hall–Kier alpha value is -3.20. The van der Waals surface area contributed by atoms with Crippen LogP contribution in [0.1, 0.15) is 22.0 Å². The Morgan fingerprint density at radius 2 is 1.92 bits per heavy atom. The number of aliphatic hydroxyl groups is 1. The van der Waals surface area contributed by atoms with E-state index in [4.69, 9.17) is 5.73 Å². The van der Waals surface area contributed by atoms with E-state index in [-0.39, 0.29) is 17.9 Å². The summed E-state index contributed by atoms with van der Waals surface area (Å²) in [6, 6.07) is 9.07. The van der Waals surface area contributed by atoms with Crippen LogP contribution in [0.25, 0.3) is 11.4 Å². The van der Waals surface area contributed by atoms with Gasteiger partial charge in [0.25, 0.3) is 0 Å². The first kappa shape index (κ1) is 16.7. The topological polar surface area (TPSA) is 107 Å². The largest absolute Gasteiger partial charge is 0.386 e. The maximum atomic E-state index is 13.7. The van der Waals surface area contributed by atoms with Crippen LogP contribution >= 0.6 is 0 Å². The third-order valence-electron chi connectivity index (χ3n) is 3.53. The van der Waals surface area contributed by atoms with Gasteiger partial charge in [-0.25, -0.2) is 8.78 Å². The maximum absolute atomic E-state index is 13.7. The van der Waals surface area contributed by atoms with E-state index < -0.39 is 23.6 Å². The Balaban J connectivity index is 1.77. The zero-order chi connectivity index (χ0) is 18.0. The predicted molar refractivity (Wildman–Crippen MR) is 83.1 cm³/mol. The van der Waals surface area contributed by atoms with Crippen LogP contribution in [0.3, 0.4) is 0 Å². The van der Waals surface area contributed by atoms with E-state index in [1.54, 1.807) is 12.1 Å². The minimum atomic E-state index is -1.34. The van der Waals surface area contributed by atoms with Gasteiger partial charge >= 0.3 is 0 Å². The maximum Gasteiger partial charge on any atom is 0.248 e. The van der Waals surface area contributed by atoms with E-state index in [1.165, 1.54) is 12.1 Å². The molecule has 0 bridgehead atoms. The monoisotopic (exact) mass is 345 g/mol. The average Bonchev–Trinajstić information content (AvgIpc) is 3.05. The quantitative estimate of drug-likeness (QED) is 0.728. The molecule has 0 aliphatic rings. The molecule has 0 aliphatic carbocycles. The van der Waals surface area contributed by atoms with E-state index >= 15 is 0 Å². The van der Waals surface area contributed by atoms with Gasteiger partial charge in [0, 0.05) is 16.7 Å². The molecule has 1 unspecified atom stereocenters. The summed E-state index contributed by atoms with van der Waals surface area (Å²) in [7, 11) is 0. The van der Waals surface area contributed by atoms with Gasteiger partial charge in [0.2, 0.25) is 11.7 Å². The molecule has 0 spiro atoms. The molecule has 1 aromatic heterocycles. The molecule has 0 saturated heterocycles. The first-order valence-corrected chi connectivity index (χ1v) is 7.25. The number of rotatable bonds is 5. The molecule has 3 aromatic rings. The number of nitrogens with two attached hydrogens (primary N) is 1. The van der Waals surface area contributed by atoms with Crippen molar-refractivity contribution < 1.29 is 18.7 Å². The average molecular weight is 345 g/mol. The van der Waals surface area contributed by atoms with Crippen molar-refractivity contribution in [2.75, 3.05) is 0 Å². The molecule has 0 saturated carbocycles. The van der Waals surface area contributed by atoms with Crippen molar-refractivity contribution in [1.82, 2.24) is 20.2 Å². The molecule has 1 atom stereocenters. The fourth-order valence-corrected chi connectivity index (χ4v) is 2.24. The van der Waals surface area contributed by atoms with Crippen molar-refractivity contribution in [3.63, 3.8) is 0 Å². The Kier molecular flexibility index (Phi) is 4.48. The molecule has 3 rings (SSSR count). The van der Waals surface area contributed by atoms with Gasteiger partial charge in [-0.1, -0.05) is 12.1 Å². The highest BCUT2D eigenvalue weighted by molar-refractivity contribution is 5.93. The Labute approximate surface area is 140 Å². The van der Waals surface area contributed by atoms with Crippen molar-refractivity contribution in [2.45, 2.75) is 12.6 Å². The highest BCUT2D eigenvalue weighted by Gasteiger charge is 2.16. The van der Waals surface area contributed by atoms with Crippen LogP contribution in [0.2, 0.25) is 0 Å². The number of halogens is 2. The fraction of sp³-hybridized carbons (Fsp3) is 0.125. The normalized spacial score (nSPS) is 12.1. The van der Waals surface area contributed by atoms with Crippen molar-refractivity contribution in [2.24, 2.45) is 5.73 Å². The molecule has 0 fully saturated rings. The van der Waals surface area contributed by atoms with Crippen LogP contribution in [0.5, 0.6) is 0 Å². The Morgan fingerprint density at radius 1 is 1.20 bits per heavy atom. The van der Waals surface area contributed by atoms with E-state index in [0.29, 0.717) is 11.1 Å². The number of tetrazole rings is 1. The first-order chi connectivity index (χ1) is 11.9. The lowest BCUT2D eigenvalue weighted by Crippen LogP contribution is -2.13. The van der Waals surface area contributed by atoms with Crippen LogP contribution in [0.15, 0.2) is 42.5 Å². The van der Waals surface area contributed by atoms with E-state index in [9.17, 15) is 18.7 Å². The Bertz CT molecular complexity index is 911. The molecular formula is C16H13F2N5O2. The van der Waals surface area contributed by atoms with Crippen LogP contribution < -0.4 is 5.73 Å². The minimum absolute atomic E-state index is 0.190. The predicted octanol–water partition coefficient (Wildman–Crippen LogP) is 1.45. The number of carbonyl (C=O) groups is 1. The summed E-state index contributed by atoms with van der Waals surface area (Å²) >= 11 is 0. The van der Waals surface area contributed by atoms with Crippen molar-refractivity contribution in [1.29, 1.82) is 0 Å². The van der Waals surface area contributed by atoms with E-state index in [2.05, 4.69) is 15.4 Å². The van der Waals surface area contributed by atoms with Crippen molar-refractivity contribution >= 4 is 5.91 Å². The van der Waals surface area contributed by atoms with E-state index in [1.807, 2.05) is 0 Å². The summed E-state index contributed by atoms with van der Waals surface area (Å²) in [4.78, 5) is 12.1. The van der Waals surface area contributed by atoms with Gasteiger partial charge in [0.05, 0.1) is 6.54 Å². The summed E-state index contributed by atoms with van der Waals surface area (Å²) in [6.45, 7) is -0.202. The van der Waals surface area contributed by atoms with Crippen LogP contribution in [0.4, 0.5) is 8.78 Å². The van der Waals surface area contributed by atoms with Gasteiger partial charge in [-0.2, -0.15) is 4.80 Å². The molecule has 7 nitrogen and oxygen atoms in total. The summed E-state index contributed by atoms with van der Waals surface area (Å²) in [5.74, 6) is -1.68. The number of primary amides is 1. The van der Waals surface area contributed by atoms with Crippen LogP contribution in [-0.2, 0) is 6.54 Å². The van der Waals surface area contributed by atoms with Gasteiger partial charge < -0.3 is 10.8 Å². The lowest BCUT2D eigenvalue weighted by atomic mass is 10.1. The lowest BCUT2D eigenvalue weighted by Gasteiger charge is -2.10.